The number of rotatable bonds is 3. The number of aromatic nitrogens is 1. The molecule has 0 N–H and O–H groups in total. The van der Waals surface area contributed by atoms with Gasteiger partial charge in [0.05, 0.1) is 17.6 Å². The number of sulfonamides is 1. The Morgan fingerprint density at radius 3 is 2.54 bits per heavy atom. The largest absolute Gasteiger partial charge is 0.267 e. The van der Waals surface area contributed by atoms with Crippen molar-refractivity contribution < 1.29 is 12.8 Å². The molecule has 0 saturated heterocycles. The van der Waals surface area contributed by atoms with Gasteiger partial charge in [-0.15, -0.1) is 11.3 Å². The van der Waals surface area contributed by atoms with E-state index in [0.29, 0.717) is 6.42 Å². The summed E-state index contributed by atoms with van der Waals surface area (Å²) in [7, 11) is -3.29. The van der Waals surface area contributed by atoms with Crippen molar-refractivity contribution in [2.75, 3.05) is 10.6 Å². The molecule has 3 aromatic rings. The molecule has 0 saturated carbocycles. The van der Waals surface area contributed by atoms with Crippen LogP contribution in [-0.4, -0.2) is 25.7 Å². The van der Waals surface area contributed by atoms with Gasteiger partial charge in [0.1, 0.15) is 10.8 Å². The molecule has 4 nitrogen and oxygen atoms in total. The number of fused-ring (bicyclic) bond motifs is 1. The van der Waals surface area contributed by atoms with Crippen molar-refractivity contribution in [3.63, 3.8) is 0 Å². The molecule has 0 unspecified atom stereocenters. The van der Waals surface area contributed by atoms with Crippen molar-refractivity contribution in [2.24, 2.45) is 0 Å². The molecule has 1 aliphatic heterocycles. The predicted molar refractivity (Wildman–Crippen MR) is 103 cm³/mol. The fraction of sp³-hybridized carbons (Fsp3) is 0.211. The zero-order valence-electron chi connectivity index (χ0n) is 14.3. The number of halogens is 1. The fourth-order valence-corrected chi connectivity index (χ4v) is 5.50. The molecule has 26 heavy (non-hydrogen) atoms. The first-order valence-electron chi connectivity index (χ1n) is 8.17. The van der Waals surface area contributed by atoms with Crippen molar-refractivity contribution >= 4 is 27.0 Å². The molecule has 134 valence electrons. The molecule has 0 fully saturated rings. The second kappa shape index (κ2) is 6.17. The Morgan fingerprint density at radius 1 is 1.15 bits per heavy atom. The Hall–Kier alpha value is -2.25. The summed E-state index contributed by atoms with van der Waals surface area (Å²) in [5.41, 5.74) is 4.42. The summed E-state index contributed by atoms with van der Waals surface area (Å²) in [6.45, 7) is 1.91. The minimum Gasteiger partial charge on any atom is -0.267 e. The van der Waals surface area contributed by atoms with Gasteiger partial charge >= 0.3 is 0 Å². The lowest BCUT2D eigenvalue weighted by molar-refractivity contribution is 0.590. The Kier molecular flexibility index (Phi) is 4.08. The van der Waals surface area contributed by atoms with E-state index in [1.165, 1.54) is 34.0 Å². The number of thiazole rings is 1. The van der Waals surface area contributed by atoms with Crippen LogP contribution in [0.15, 0.2) is 47.8 Å². The van der Waals surface area contributed by atoms with Crippen LogP contribution in [0.3, 0.4) is 0 Å². The van der Waals surface area contributed by atoms with E-state index in [1.54, 1.807) is 12.1 Å². The van der Waals surface area contributed by atoms with E-state index in [4.69, 9.17) is 0 Å². The van der Waals surface area contributed by atoms with Crippen LogP contribution in [-0.2, 0) is 16.4 Å². The third-order valence-corrected chi connectivity index (χ3v) is 6.64. The van der Waals surface area contributed by atoms with Crippen LogP contribution in [0.1, 0.15) is 12.5 Å². The molecule has 7 heteroatoms. The number of anilines is 1. The van der Waals surface area contributed by atoms with E-state index in [9.17, 15) is 12.8 Å². The summed E-state index contributed by atoms with van der Waals surface area (Å²) < 4.78 is 38.6. The average Bonchev–Trinajstić information content (AvgIpc) is 3.17. The average molecular weight is 388 g/mol. The van der Waals surface area contributed by atoms with Gasteiger partial charge in [0.2, 0.25) is 10.0 Å². The number of benzene rings is 2. The molecular weight excluding hydrogens is 371 g/mol. The van der Waals surface area contributed by atoms with E-state index in [2.05, 4.69) is 4.98 Å². The molecule has 1 aliphatic rings. The Labute approximate surface area is 156 Å². The summed E-state index contributed by atoms with van der Waals surface area (Å²) in [6, 6.07) is 12.0. The van der Waals surface area contributed by atoms with Gasteiger partial charge in [-0.25, -0.2) is 17.8 Å². The number of hydrogen-bond acceptors (Lipinski definition) is 4. The minimum atomic E-state index is -3.29. The summed E-state index contributed by atoms with van der Waals surface area (Å²) in [4.78, 5) is 4.66. The lowest BCUT2D eigenvalue weighted by atomic mass is 10.1. The molecule has 4 rings (SSSR count). The maximum atomic E-state index is 13.1. The number of nitrogens with zero attached hydrogens (tertiary/aromatic N) is 2. The van der Waals surface area contributed by atoms with Gasteiger partial charge in [0, 0.05) is 22.5 Å². The highest BCUT2D eigenvalue weighted by Gasteiger charge is 2.32. The van der Waals surface area contributed by atoms with Crippen molar-refractivity contribution in [1.82, 2.24) is 4.98 Å². The SMILES string of the molecule is C[C@H]1Cc2cc(-c3csc(-c4ccc(F)cc4)n3)ccc2N1S(C)(=O)=O. The summed E-state index contributed by atoms with van der Waals surface area (Å²) in [5.74, 6) is -0.270. The van der Waals surface area contributed by atoms with E-state index < -0.39 is 10.0 Å². The van der Waals surface area contributed by atoms with Crippen molar-refractivity contribution in [1.29, 1.82) is 0 Å². The predicted octanol–water partition coefficient (Wildman–Crippen LogP) is 4.33. The Morgan fingerprint density at radius 2 is 1.85 bits per heavy atom. The van der Waals surface area contributed by atoms with Gasteiger partial charge in [0.25, 0.3) is 0 Å². The Balaban J connectivity index is 1.69. The highest BCUT2D eigenvalue weighted by atomic mass is 32.2. The number of hydrogen-bond donors (Lipinski definition) is 0. The van der Waals surface area contributed by atoms with Gasteiger partial charge in [0.15, 0.2) is 0 Å². The first-order valence-corrected chi connectivity index (χ1v) is 10.9. The molecular formula is C19H17FN2O2S2. The second-order valence-corrected chi connectivity index (χ2v) is 9.22. The maximum Gasteiger partial charge on any atom is 0.232 e. The third-order valence-electron chi connectivity index (χ3n) is 4.48. The van der Waals surface area contributed by atoms with Crippen LogP contribution >= 0.6 is 11.3 Å². The van der Waals surface area contributed by atoms with E-state index >= 15 is 0 Å². The highest BCUT2D eigenvalue weighted by molar-refractivity contribution is 7.92. The quantitative estimate of drug-likeness (QED) is 0.671. The van der Waals surface area contributed by atoms with Crippen molar-refractivity contribution in [2.45, 2.75) is 19.4 Å². The lowest BCUT2D eigenvalue weighted by Gasteiger charge is -2.21. The third kappa shape index (κ3) is 3.01. The van der Waals surface area contributed by atoms with Gasteiger partial charge in [-0.1, -0.05) is 6.07 Å². The van der Waals surface area contributed by atoms with Crippen LogP contribution < -0.4 is 4.31 Å². The zero-order chi connectivity index (χ0) is 18.5. The van der Waals surface area contributed by atoms with Crippen LogP contribution in [0.4, 0.5) is 10.1 Å². The topological polar surface area (TPSA) is 50.3 Å². The first kappa shape index (κ1) is 17.2. The Bertz CT molecular complexity index is 1080. The highest BCUT2D eigenvalue weighted by Crippen LogP contribution is 2.37. The molecule has 0 amide bonds. The van der Waals surface area contributed by atoms with Crippen molar-refractivity contribution in [3.05, 3.63) is 59.2 Å². The standard InChI is InChI=1S/C19H17FN2O2S2/c1-12-9-15-10-14(5-8-18(15)22(12)26(2,23)24)17-11-25-19(21-17)13-3-6-16(20)7-4-13/h3-8,10-12H,9H2,1-2H3/t12-/m0/s1. The molecule has 0 bridgehead atoms. The van der Waals surface area contributed by atoms with Gasteiger partial charge < -0.3 is 0 Å². The molecule has 0 spiro atoms. The zero-order valence-corrected chi connectivity index (χ0v) is 15.9. The summed E-state index contributed by atoms with van der Waals surface area (Å²) >= 11 is 1.50. The van der Waals surface area contributed by atoms with Gasteiger partial charge in [-0.3, -0.25) is 4.31 Å². The molecule has 2 heterocycles. The normalized spacial score (nSPS) is 16.7. The van der Waals surface area contributed by atoms with Crippen molar-refractivity contribution in [3.8, 4) is 21.8 Å². The molecule has 0 radical (unpaired) electrons. The first-order chi connectivity index (χ1) is 12.3. The van der Waals surface area contributed by atoms with Gasteiger partial charge in [-0.05, 0) is 55.3 Å². The second-order valence-electron chi connectivity index (χ2n) is 6.50. The van der Waals surface area contributed by atoms with E-state index in [-0.39, 0.29) is 11.9 Å². The molecule has 0 aliphatic carbocycles. The minimum absolute atomic E-state index is 0.0829. The lowest BCUT2D eigenvalue weighted by Crippen LogP contribution is -2.34. The fourth-order valence-electron chi connectivity index (χ4n) is 3.40. The summed E-state index contributed by atoms with van der Waals surface area (Å²) in [6.07, 6.45) is 1.92. The van der Waals surface area contributed by atoms with E-state index in [0.717, 1.165) is 33.1 Å². The van der Waals surface area contributed by atoms with Crippen LogP contribution in [0, 0.1) is 5.82 Å². The molecule has 2 aromatic carbocycles. The maximum absolute atomic E-state index is 13.1. The molecule has 1 atom stereocenters. The molecule has 1 aromatic heterocycles. The van der Waals surface area contributed by atoms with Crippen LogP contribution in [0.5, 0.6) is 0 Å². The van der Waals surface area contributed by atoms with Gasteiger partial charge in [-0.2, -0.15) is 0 Å². The summed E-state index contributed by atoms with van der Waals surface area (Å²) in [5, 5.41) is 2.79. The van der Waals surface area contributed by atoms with Crippen LogP contribution in [0.25, 0.3) is 21.8 Å². The monoisotopic (exact) mass is 388 g/mol. The van der Waals surface area contributed by atoms with Crippen LogP contribution in [0.2, 0.25) is 0 Å². The smallest absolute Gasteiger partial charge is 0.232 e. The van der Waals surface area contributed by atoms with E-state index in [1.807, 2.05) is 30.5 Å².